The monoisotopic (exact) mass is 236 g/mol. The highest BCUT2D eigenvalue weighted by Crippen LogP contribution is 2.18. The molecule has 3 N–H and O–H groups in total. The van der Waals surface area contributed by atoms with Gasteiger partial charge in [-0.05, 0) is 32.6 Å². The molecule has 1 saturated heterocycles. The fourth-order valence-electron chi connectivity index (χ4n) is 1.69. The second-order valence-electron chi connectivity index (χ2n) is 4.04. The largest absolute Gasteiger partial charge is 0.381 e. The van der Waals surface area contributed by atoms with Crippen molar-refractivity contribution >= 4 is 18.3 Å². The molecule has 0 aliphatic carbocycles. The van der Waals surface area contributed by atoms with Gasteiger partial charge >= 0.3 is 0 Å². The Bertz CT molecular complexity index is 194. The summed E-state index contributed by atoms with van der Waals surface area (Å²) in [5.74, 6) is 0.468. The summed E-state index contributed by atoms with van der Waals surface area (Å²) >= 11 is 0. The third kappa shape index (κ3) is 4.82. The lowest BCUT2D eigenvalue weighted by Crippen LogP contribution is -2.46. The zero-order valence-electron chi connectivity index (χ0n) is 9.36. The van der Waals surface area contributed by atoms with Crippen molar-refractivity contribution in [1.29, 1.82) is 0 Å². The smallest absolute Gasteiger partial charge is 0.236 e. The number of carbonyl (C=O) groups excluding carboxylic acids is 1. The highest BCUT2D eigenvalue weighted by atomic mass is 35.5. The predicted molar refractivity (Wildman–Crippen MR) is 62.0 cm³/mol. The third-order valence-corrected chi connectivity index (χ3v) is 2.76. The minimum absolute atomic E-state index is 0. The van der Waals surface area contributed by atoms with Crippen molar-refractivity contribution in [3.8, 4) is 0 Å². The molecular formula is C10H21ClN2O2. The van der Waals surface area contributed by atoms with Crippen molar-refractivity contribution in [1.82, 2.24) is 5.32 Å². The fraction of sp³-hybridized carbons (Fsp3) is 0.900. The molecular weight excluding hydrogens is 216 g/mol. The lowest BCUT2D eigenvalue weighted by molar-refractivity contribution is -0.123. The Morgan fingerprint density at radius 2 is 1.93 bits per heavy atom. The number of nitrogens with two attached hydrogens (primary N) is 1. The van der Waals surface area contributed by atoms with Gasteiger partial charge in [-0.15, -0.1) is 12.4 Å². The second-order valence-corrected chi connectivity index (χ2v) is 4.04. The van der Waals surface area contributed by atoms with Gasteiger partial charge in [-0.3, -0.25) is 4.79 Å². The van der Waals surface area contributed by atoms with E-state index >= 15 is 0 Å². The normalized spacial score (nSPS) is 21.3. The summed E-state index contributed by atoms with van der Waals surface area (Å²) in [6, 6.07) is -0.213. The van der Waals surface area contributed by atoms with Crippen LogP contribution in [0.2, 0.25) is 0 Å². The van der Waals surface area contributed by atoms with Crippen molar-refractivity contribution in [2.24, 2.45) is 11.7 Å². The molecule has 4 nitrogen and oxygen atoms in total. The molecule has 1 aliphatic rings. The number of amides is 1. The van der Waals surface area contributed by atoms with Gasteiger partial charge in [-0.2, -0.15) is 0 Å². The van der Waals surface area contributed by atoms with E-state index in [1.165, 1.54) is 0 Å². The molecule has 1 fully saturated rings. The van der Waals surface area contributed by atoms with Crippen LogP contribution < -0.4 is 11.1 Å². The van der Waals surface area contributed by atoms with E-state index < -0.39 is 6.04 Å². The summed E-state index contributed by atoms with van der Waals surface area (Å²) in [4.78, 5) is 11.3. The van der Waals surface area contributed by atoms with E-state index in [2.05, 4.69) is 5.32 Å². The van der Waals surface area contributed by atoms with E-state index in [1.54, 1.807) is 6.92 Å². The zero-order chi connectivity index (χ0) is 10.6. The first kappa shape index (κ1) is 14.7. The molecule has 0 saturated carbocycles. The van der Waals surface area contributed by atoms with Crippen molar-refractivity contribution in [2.75, 3.05) is 13.2 Å². The van der Waals surface area contributed by atoms with E-state index in [-0.39, 0.29) is 24.4 Å². The molecule has 0 radical (unpaired) electrons. The summed E-state index contributed by atoms with van der Waals surface area (Å²) < 4.78 is 5.26. The lowest BCUT2D eigenvalue weighted by Gasteiger charge is -2.28. The van der Waals surface area contributed by atoms with Gasteiger partial charge in [0, 0.05) is 19.3 Å². The molecule has 2 atom stereocenters. The van der Waals surface area contributed by atoms with Crippen LogP contribution in [-0.4, -0.2) is 31.2 Å². The number of nitrogens with one attached hydrogen (secondary N) is 1. The highest BCUT2D eigenvalue weighted by molar-refractivity contribution is 5.85. The number of ether oxygens (including phenoxy) is 1. The van der Waals surface area contributed by atoms with Crippen LogP contribution in [0.25, 0.3) is 0 Å². The van der Waals surface area contributed by atoms with Crippen LogP contribution in [0, 0.1) is 5.92 Å². The first-order valence-corrected chi connectivity index (χ1v) is 5.25. The molecule has 1 rings (SSSR count). The molecule has 90 valence electrons. The molecule has 0 aromatic carbocycles. The maximum Gasteiger partial charge on any atom is 0.236 e. The molecule has 1 aliphatic heterocycles. The minimum atomic E-state index is -0.419. The quantitative estimate of drug-likeness (QED) is 0.758. The number of hydrogen-bond donors (Lipinski definition) is 2. The molecule has 0 aromatic rings. The first-order valence-electron chi connectivity index (χ1n) is 5.25. The van der Waals surface area contributed by atoms with Gasteiger partial charge in [0.25, 0.3) is 0 Å². The summed E-state index contributed by atoms with van der Waals surface area (Å²) in [6.07, 6.45) is 2.06. The van der Waals surface area contributed by atoms with Crippen LogP contribution >= 0.6 is 12.4 Å². The predicted octanol–water partition coefficient (Wildman–Crippen LogP) is 0.687. The number of halogens is 1. The van der Waals surface area contributed by atoms with Crippen molar-refractivity contribution in [3.05, 3.63) is 0 Å². The summed E-state index contributed by atoms with van der Waals surface area (Å²) in [6.45, 7) is 5.36. The molecule has 5 heteroatoms. The molecule has 1 amide bonds. The van der Waals surface area contributed by atoms with E-state index in [0.717, 1.165) is 26.1 Å². The lowest BCUT2D eigenvalue weighted by atomic mass is 9.93. The Balaban J connectivity index is 0.00000196. The SMILES string of the molecule is CC(N)C(=O)NC(C)C1CCOCC1.Cl. The molecule has 0 bridgehead atoms. The van der Waals surface area contributed by atoms with Crippen LogP contribution in [0.5, 0.6) is 0 Å². The van der Waals surface area contributed by atoms with E-state index in [9.17, 15) is 4.79 Å². The Hall–Kier alpha value is -0.320. The minimum Gasteiger partial charge on any atom is -0.381 e. The average Bonchev–Trinajstić information content (AvgIpc) is 2.19. The number of carbonyl (C=O) groups is 1. The van der Waals surface area contributed by atoms with Gasteiger partial charge in [0.2, 0.25) is 5.91 Å². The number of hydrogen-bond acceptors (Lipinski definition) is 3. The Morgan fingerprint density at radius 3 is 2.40 bits per heavy atom. The Morgan fingerprint density at radius 1 is 1.40 bits per heavy atom. The molecule has 15 heavy (non-hydrogen) atoms. The van der Waals surface area contributed by atoms with Gasteiger partial charge in [-0.1, -0.05) is 0 Å². The third-order valence-electron chi connectivity index (χ3n) is 2.76. The molecule has 0 aromatic heterocycles. The van der Waals surface area contributed by atoms with Crippen LogP contribution in [-0.2, 0) is 9.53 Å². The second kappa shape index (κ2) is 7.04. The van der Waals surface area contributed by atoms with E-state index in [0.29, 0.717) is 5.92 Å². The molecule has 1 heterocycles. The Labute approximate surface area is 97.3 Å². The summed E-state index contributed by atoms with van der Waals surface area (Å²) in [7, 11) is 0. The van der Waals surface area contributed by atoms with Crippen LogP contribution in [0.3, 0.4) is 0 Å². The van der Waals surface area contributed by atoms with Gasteiger partial charge in [0.15, 0.2) is 0 Å². The maximum atomic E-state index is 11.3. The van der Waals surface area contributed by atoms with Crippen molar-refractivity contribution in [2.45, 2.75) is 38.8 Å². The maximum absolute atomic E-state index is 11.3. The first-order chi connectivity index (χ1) is 6.61. The van der Waals surface area contributed by atoms with E-state index in [4.69, 9.17) is 10.5 Å². The average molecular weight is 237 g/mol. The standard InChI is InChI=1S/C10H20N2O2.ClH/c1-7(11)10(13)12-8(2)9-3-5-14-6-4-9;/h7-9H,3-6,11H2,1-2H3,(H,12,13);1H. The van der Waals surface area contributed by atoms with Gasteiger partial charge in [0.1, 0.15) is 0 Å². The fourth-order valence-corrected chi connectivity index (χ4v) is 1.69. The molecule has 2 unspecified atom stereocenters. The summed E-state index contributed by atoms with van der Waals surface area (Å²) in [5, 5.41) is 2.93. The Kier molecular flexibility index (Phi) is 6.89. The molecule has 0 spiro atoms. The van der Waals surface area contributed by atoms with Crippen molar-refractivity contribution in [3.63, 3.8) is 0 Å². The van der Waals surface area contributed by atoms with Gasteiger partial charge in [0.05, 0.1) is 6.04 Å². The van der Waals surface area contributed by atoms with Gasteiger partial charge < -0.3 is 15.8 Å². The topological polar surface area (TPSA) is 64.4 Å². The van der Waals surface area contributed by atoms with Crippen LogP contribution in [0.15, 0.2) is 0 Å². The van der Waals surface area contributed by atoms with Crippen LogP contribution in [0.1, 0.15) is 26.7 Å². The highest BCUT2D eigenvalue weighted by Gasteiger charge is 2.22. The summed E-state index contributed by atoms with van der Waals surface area (Å²) in [5.41, 5.74) is 5.48. The van der Waals surface area contributed by atoms with Crippen molar-refractivity contribution < 1.29 is 9.53 Å². The number of rotatable bonds is 3. The zero-order valence-corrected chi connectivity index (χ0v) is 10.2. The van der Waals surface area contributed by atoms with Crippen LogP contribution in [0.4, 0.5) is 0 Å². The van der Waals surface area contributed by atoms with Gasteiger partial charge in [-0.25, -0.2) is 0 Å². The van der Waals surface area contributed by atoms with E-state index in [1.807, 2.05) is 6.92 Å².